The number of rotatable bonds is 0. The van der Waals surface area contributed by atoms with Gasteiger partial charge in [0.25, 0.3) is 0 Å². The maximum atomic E-state index is 11.8. The molecule has 0 saturated heterocycles. The molecule has 0 aromatic carbocycles. The zero-order valence-electron chi connectivity index (χ0n) is 15.1. The van der Waals surface area contributed by atoms with Crippen molar-refractivity contribution in [2.24, 2.45) is 0 Å². The number of nitrogens with zero attached hydrogens (tertiary/aromatic N) is 3. The first-order valence-electron chi connectivity index (χ1n) is 8.63. The lowest BCUT2D eigenvalue weighted by Gasteiger charge is -2.29. The average Bonchev–Trinajstić information content (AvgIpc) is 3.22. The number of carbonyl (C=O) groups excluding carboxylic acids is 1. The Kier molecular flexibility index (Phi) is 5.08. The van der Waals surface area contributed by atoms with Crippen LogP contribution in [-0.4, -0.2) is 49.6 Å². The van der Waals surface area contributed by atoms with Gasteiger partial charge in [0.05, 0.1) is 42.0 Å². The number of fused-ring (bicyclic) bond motifs is 2. The van der Waals surface area contributed by atoms with Crippen molar-refractivity contribution in [2.75, 3.05) is 13.1 Å². The summed E-state index contributed by atoms with van der Waals surface area (Å²) in [5, 5.41) is 3.26. The highest BCUT2D eigenvalue weighted by molar-refractivity contribution is 5.68. The molecule has 4 rings (SSSR count). The highest BCUT2D eigenvalue weighted by atomic mass is 16.6. The van der Waals surface area contributed by atoms with Crippen LogP contribution in [-0.2, 0) is 30.7 Å². The molecule has 2 aromatic heterocycles. The first-order valence-corrected chi connectivity index (χ1v) is 8.63. The zero-order valence-corrected chi connectivity index (χ0v) is 15.1. The van der Waals surface area contributed by atoms with Gasteiger partial charge in [-0.3, -0.25) is 0 Å². The van der Waals surface area contributed by atoms with Crippen LogP contribution in [0.5, 0.6) is 0 Å². The number of hydrogen-bond donors (Lipinski definition) is 3. The Morgan fingerprint density at radius 1 is 1.12 bits per heavy atom. The summed E-state index contributed by atoms with van der Waals surface area (Å²) >= 11 is 0. The number of amides is 1. The lowest BCUT2D eigenvalue weighted by Crippen LogP contribution is -2.39. The van der Waals surface area contributed by atoms with E-state index in [1.807, 2.05) is 20.8 Å². The molecule has 136 valence electrons. The van der Waals surface area contributed by atoms with Crippen molar-refractivity contribution in [1.82, 2.24) is 30.2 Å². The Labute approximate surface area is 147 Å². The molecule has 1 amide bonds. The lowest BCUT2D eigenvalue weighted by atomic mass is 10.1. The van der Waals surface area contributed by atoms with Gasteiger partial charge in [-0.25, -0.2) is 14.8 Å². The molecule has 2 aromatic rings. The van der Waals surface area contributed by atoms with Crippen LogP contribution in [0.25, 0.3) is 0 Å². The van der Waals surface area contributed by atoms with Crippen molar-refractivity contribution in [3.8, 4) is 0 Å². The van der Waals surface area contributed by atoms with Gasteiger partial charge in [-0.2, -0.15) is 0 Å². The maximum Gasteiger partial charge on any atom is 0.410 e. The molecule has 8 heteroatoms. The Bertz CT molecular complexity index is 694. The number of aromatic amines is 2. The molecule has 25 heavy (non-hydrogen) atoms. The summed E-state index contributed by atoms with van der Waals surface area (Å²) < 4.78 is 5.32. The second-order valence-electron chi connectivity index (χ2n) is 7.23. The first-order chi connectivity index (χ1) is 11.9. The summed E-state index contributed by atoms with van der Waals surface area (Å²) in [6, 6.07) is 0. The molecular formula is C17H26N6O2. The van der Waals surface area contributed by atoms with Crippen molar-refractivity contribution in [3.63, 3.8) is 0 Å². The van der Waals surface area contributed by atoms with Crippen molar-refractivity contribution in [3.05, 3.63) is 35.4 Å². The van der Waals surface area contributed by atoms with E-state index in [9.17, 15) is 4.79 Å². The van der Waals surface area contributed by atoms with E-state index in [-0.39, 0.29) is 6.09 Å². The maximum absolute atomic E-state index is 11.8. The van der Waals surface area contributed by atoms with Gasteiger partial charge in [0.1, 0.15) is 5.60 Å². The highest BCUT2D eigenvalue weighted by Crippen LogP contribution is 2.17. The van der Waals surface area contributed by atoms with Gasteiger partial charge in [0.15, 0.2) is 0 Å². The molecule has 2 aliphatic heterocycles. The molecule has 0 radical (unpaired) electrons. The van der Waals surface area contributed by atoms with Crippen LogP contribution in [0.4, 0.5) is 4.79 Å². The van der Waals surface area contributed by atoms with Crippen LogP contribution < -0.4 is 5.32 Å². The number of aromatic nitrogens is 4. The van der Waals surface area contributed by atoms with Crippen LogP contribution in [0.3, 0.4) is 0 Å². The molecule has 0 fully saturated rings. The van der Waals surface area contributed by atoms with E-state index < -0.39 is 5.60 Å². The highest BCUT2D eigenvalue weighted by Gasteiger charge is 2.26. The fourth-order valence-corrected chi connectivity index (χ4v) is 2.83. The van der Waals surface area contributed by atoms with Crippen molar-refractivity contribution < 1.29 is 9.53 Å². The van der Waals surface area contributed by atoms with E-state index in [4.69, 9.17) is 4.74 Å². The SMILES string of the molecule is CC(C)(C)OC(=O)N1CCc2nc[nH]c2C1.c1nc2c([nH]1)CNCC2. The Morgan fingerprint density at radius 3 is 2.48 bits per heavy atom. The first kappa shape index (κ1) is 17.5. The van der Waals surface area contributed by atoms with Crippen molar-refractivity contribution in [2.45, 2.75) is 52.3 Å². The molecular weight excluding hydrogens is 320 g/mol. The molecule has 4 heterocycles. The summed E-state index contributed by atoms with van der Waals surface area (Å²) in [6.45, 7) is 8.87. The molecule has 2 aliphatic rings. The average molecular weight is 346 g/mol. The number of carbonyl (C=O) groups is 1. The molecule has 0 bridgehead atoms. The lowest BCUT2D eigenvalue weighted by molar-refractivity contribution is 0.0221. The normalized spacial score (nSPS) is 16.4. The molecule has 8 nitrogen and oxygen atoms in total. The second kappa shape index (κ2) is 7.26. The molecule has 0 atom stereocenters. The van der Waals surface area contributed by atoms with Crippen molar-refractivity contribution in [1.29, 1.82) is 0 Å². The van der Waals surface area contributed by atoms with Gasteiger partial charge in [0.2, 0.25) is 0 Å². The van der Waals surface area contributed by atoms with E-state index >= 15 is 0 Å². The minimum Gasteiger partial charge on any atom is -0.444 e. The third-order valence-corrected chi connectivity index (χ3v) is 4.07. The van der Waals surface area contributed by atoms with Gasteiger partial charge < -0.3 is 24.9 Å². The number of hydrogen-bond acceptors (Lipinski definition) is 5. The van der Waals surface area contributed by atoms with Crippen LogP contribution in [0.15, 0.2) is 12.7 Å². The second-order valence-corrected chi connectivity index (χ2v) is 7.23. The summed E-state index contributed by atoms with van der Waals surface area (Å²) in [5.41, 5.74) is 4.11. The summed E-state index contributed by atoms with van der Waals surface area (Å²) in [7, 11) is 0. The zero-order chi connectivity index (χ0) is 17.9. The standard InChI is InChI=1S/C11H17N3O2.C6H9N3/c1-11(2,3)16-10(15)14-5-4-8-9(6-14)13-7-12-8;1-2-7-3-6-5(1)8-4-9-6/h7H,4-6H2,1-3H3,(H,12,13);4,7H,1-3H2,(H,8,9). The smallest absolute Gasteiger partial charge is 0.410 e. The molecule has 0 aliphatic carbocycles. The monoisotopic (exact) mass is 346 g/mol. The van der Waals surface area contributed by atoms with Gasteiger partial charge in [0, 0.05) is 32.5 Å². The Hall–Kier alpha value is -2.35. The van der Waals surface area contributed by atoms with E-state index in [1.165, 1.54) is 11.4 Å². The topological polar surface area (TPSA) is 98.9 Å². The van der Waals surface area contributed by atoms with Crippen LogP contribution in [0.1, 0.15) is 43.5 Å². The third kappa shape index (κ3) is 4.60. The minimum atomic E-state index is -0.439. The summed E-state index contributed by atoms with van der Waals surface area (Å²) in [5.74, 6) is 0. The Balaban J connectivity index is 0.000000170. The number of H-pyrrole nitrogens is 2. The van der Waals surface area contributed by atoms with Gasteiger partial charge >= 0.3 is 6.09 Å². The number of nitrogens with one attached hydrogen (secondary N) is 3. The third-order valence-electron chi connectivity index (χ3n) is 4.07. The molecule has 3 N–H and O–H groups in total. The van der Waals surface area contributed by atoms with E-state index in [1.54, 1.807) is 17.6 Å². The van der Waals surface area contributed by atoms with Crippen LogP contribution >= 0.6 is 0 Å². The molecule has 0 spiro atoms. The number of ether oxygens (including phenoxy) is 1. The fraction of sp³-hybridized carbons (Fsp3) is 0.588. The molecule has 0 saturated carbocycles. The van der Waals surface area contributed by atoms with Gasteiger partial charge in [-0.1, -0.05) is 0 Å². The summed E-state index contributed by atoms with van der Waals surface area (Å²) in [4.78, 5) is 28.0. The van der Waals surface area contributed by atoms with Crippen LogP contribution in [0.2, 0.25) is 0 Å². The largest absolute Gasteiger partial charge is 0.444 e. The summed E-state index contributed by atoms with van der Waals surface area (Å²) in [6.07, 6.45) is 5.03. The van der Waals surface area contributed by atoms with Gasteiger partial charge in [-0.15, -0.1) is 0 Å². The van der Waals surface area contributed by atoms with Crippen molar-refractivity contribution >= 4 is 6.09 Å². The quantitative estimate of drug-likeness (QED) is 0.675. The van der Waals surface area contributed by atoms with E-state index in [0.717, 1.165) is 37.3 Å². The Morgan fingerprint density at radius 2 is 1.80 bits per heavy atom. The van der Waals surface area contributed by atoms with E-state index in [0.29, 0.717) is 13.1 Å². The van der Waals surface area contributed by atoms with Crippen LogP contribution in [0, 0.1) is 0 Å². The predicted octanol–water partition coefficient (Wildman–Crippen LogP) is 1.76. The minimum absolute atomic E-state index is 0.257. The number of imidazole rings is 2. The fourth-order valence-electron chi connectivity index (χ4n) is 2.83. The predicted molar refractivity (Wildman–Crippen MR) is 92.9 cm³/mol. The van der Waals surface area contributed by atoms with Gasteiger partial charge in [-0.05, 0) is 20.8 Å². The molecule has 0 unspecified atom stereocenters. The van der Waals surface area contributed by atoms with E-state index in [2.05, 4.69) is 25.3 Å².